The summed E-state index contributed by atoms with van der Waals surface area (Å²) in [5.74, 6) is 0.422. The van der Waals surface area contributed by atoms with E-state index in [1.54, 1.807) is 15.0 Å². The lowest BCUT2D eigenvalue weighted by atomic mass is 10.1. The van der Waals surface area contributed by atoms with Crippen LogP contribution in [0.25, 0.3) is 16.8 Å². The van der Waals surface area contributed by atoms with Crippen molar-refractivity contribution < 1.29 is 5.11 Å². The number of aromatic hydroxyl groups is 1. The van der Waals surface area contributed by atoms with Gasteiger partial charge in [0.25, 0.3) is 5.56 Å². The van der Waals surface area contributed by atoms with Gasteiger partial charge in [-0.15, -0.1) is 6.58 Å². The molecule has 2 aromatic carbocycles. The minimum absolute atomic E-state index is 0.0337. The molecular formula is C21H19N3O2. The highest BCUT2D eigenvalue weighted by Crippen LogP contribution is 2.22. The number of benzene rings is 2. The molecule has 4 rings (SSSR count). The summed E-state index contributed by atoms with van der Waals surface area (Å²) in [5.41, 5.74) is 2.72. The number of fused-ring (bicyclic) bond motifs is 3. The Hall–Kier alpha value is -3.34. The molecule has 0 radical (unpaired) electrons. The molecule has 0 unspecified atom stereocenters. The Labute approximate surface area is 150 Å². The standard InChI is InChI=1S/C21H19N3O2/c1-2-8-16-19(25)23(14-13-15-9-4-3-5-10-15)21-22-17-11-6-7-12-18(17)24(21)20(16)26/h2-7,9-12,25H,1,8,13-14H2. The lowest BCUT2D eigenvalue weighted by molar-refractivity contribution is 0.405. The molecule has 2 heterocycles. The Balaban J connectivity index is 1.95. The average Bonchev–Trinajstić information content (AvgIpc) is 3.05. The van der Waals surface area contributed by atoms with E-state index in [9.17, 15) is 9.90 Å². The maximum absolute atomic E-state index is 12.9. The summed E-state index contributed by atoms with van der Waals surface area (Å²) in [4.78, 5) is 17.5. The molecule has 0 fully saturated rings. The molecule has 0 saturated heterocycles. The van der Waals surface area contributed by atoms with Gasteiger partial charge in [0, 0.05) is 13.0 Å². The van der Waals surface area contributed by atoms with Gasteiger partial charge in [-0.2, -0.15) is 0 Å². The Bertz CT molecular complexity index is 1160. The van der Waals surface area contributed by atoms with Gasteiger partial charge in [0.2, 0.25) is 11.7 Å². The first-order valence-electron chi connectivity index (χ1n) is 8.57. The number of para-hydroxylation sites is 2. The minimum Gasteiger partial charge on any atom is -0.494 e. The van der Waals surface area contributed by atoms with E-state index in [4.69, 9.17) is 0 Å². The smallest absolute Gasteiger partial charge is 0.266 e. The van der Waals surface area contributed by atoms with Crippen LogP contribution in [0.4, 0.5) is 0 Å². The number of rotatable bonds is 5. The van der Waals surface area contributed by atoms with Crippen molar-refractivity contribution in [2.75, 3.05) is 0 Å². The first-order chi connectivity index (χ1) is 12.7. The fourth-order valence-electron chi connectivity index (χ4n) is 3.30. The van der Waals surface area contributed by atoms with Crippen LogP contribution in [-0.2, 0) is 19.4 Å². The van der Waals surface area contributed by atoms with E-state index < -0.39 is 0 Å². The van der Waals surface area contributed by atoms with Crippen LogP contribution in [0.1, 0.15) is 11.1 Å². The second-order valence-electron chi connectivity index (χ2n) is 6.22. The van der Waals surface area contributed by atoms with Crippen LogP contribution in [0, 0.1) is 0 Å². The van der Waals surface area contributed by atoms with Crippen LogP contribution in [0.5, 0.6) is 5.88 Å². The van der Waals surface area contributed by atoms with Crippen molar-refractivity contribution in [2.45, 2.75) is 19.4 Å². The molecule has 5 heteroatoms. The molecule has 0 saturated carbocycles. The van der Waals surface area contributed by atoms with E-state index in [1.807, 2.05) is 54.6 Å². The van der Waals surface area contributed by atoms with E-state index in [0.717, 1.165) is 23.0 Å². The normalized spacial score (nSPS) is 11.2. The summed E-state index contributed by atoms with van der Waals surface area (Å²) in [7, 11) is 0. The quantitative estimate of drug-likeness (QED) is 0.565. The predicted octanol–water partition coefficient (Wildman–Crippen LogP) is 3.33. The molecule has 0 bridgehead atoms. The van der Waals surface area contributed by atoms with Gasteiger partial charge in [0.15, 0.2) is 0 Å². The van der Waals surface area contributed by atoms with E-state index in [0.29, 0.717) is 24.3 Å². The molecule has 0 aliphatic heterocycles. The highest BCUT2D eigenvalue weighted by Gasteiger charge is 2.19. The van der Waals surface area contributed by atoms with E-state index in [1.165, 1.54) is 0 Å². The Morgan fingerprint density at radius 2 is 1.81 bits per heavy atom. The molecule has 5 nitrogen and oxygen atoms in total. The van der Waals surface area contributed by atoms with Crippen LogP contribution >= 0.6 is 0 Å². The van der Waals surface area contributed by atoms with Gasteiger partial charge < -0.3 is 5.11 Å². The highest BCUT2D eigenvalue weighted by molar-refractivity contribution is 5.79. The van der Waals surface area contributed by atoms with Crippen LogP contribution in [0.2, 0.25) is 0 Å². The van der Waals surface area contributed by atoms with Crippen molar-refractivity contribution in [3.63, 3.8) is 0 Å². The topological polar surface area (TPSA) is 59.5 Å². The largest absolute Gasteiger partial charge is 0.494 e. The van der Waals surface area contributed by atoms with Crippen molar-refractivity contribution in [1.29, 1.82) is 0 Å². The van der Waals surface area contributed by atoms with Crippen molar-refractivity contribution in [2.24, 2.45) is 0 Å². The first-order valence-corrected chi connectivity index (χ1v) is 8.57. The van der Waals surface area contributed by atoms with Gasteiger partial charge >= 0.3 is 0 Å². The first kappa shape index (κ1) is 16.1. The molecule has 130 valence electrons. The van der Waals surface area contributed by atoms with Gasteiger partial charge in [-0.05, 0) is 24.1 Å². The summed E-state index contributed by atoms with van der Waals surface area (Å²) in [6.07, 6.45) is 2.66. The summed E-state index contributed by atoms with van der Waals surface area (Å²) in [6.45, 7) is 4.23. The van der Waals surface area contributed by atoms with Crippen LogP contribution in [0.15, 0.2) is 72.0 Å². The second-order valence-corrected chi connectivity index (χ2v) is 6.22. The fourth-order valence-corrected chi connectivity index (χ4v) is 3.30. The molecule has 0 amide bonds. The van der Waals surface area contributed by atoms with Crippen LogP contribution in [-0.4, -0.2) is 19.1 Å². The summed E-state index contributed by atoms with van der Waals surface area (Å²) >= 11 is 0. The second kappa shape index (κ2) is 6.52. The Kier molecular flexibility index (Phi) is 4.05. The zero-order valence-electron chi connectivity index (χ0n) is 14.3. The van der Waals surface area contributed by atoms with Crippen molar-refractivity contribution in [3.05, 3.63) is 88.7 Å². The fraction of sp³-hybridized carbons (Fsp3) is 0.143. The summed E-state index contributed by atoms with van der Waals surface area (Å²) in [6, 6.07) is 17.5. The molecule has 1 N–H and O–H groups in total. The van der Waals surface area contributed by atoms with E-state index in [-0.39, 0.29) is 11.4 Å². The zero-order valence-corrected chi connectivity index (χ0v) is 14.3. The minimum atomic E-state index is -0.248. The third-order valence-corrected chi connectivity index (χ3v) is 4.59. The lowest BCUT2D eigenvalue weighted by Gasteiger charge is -2.14. The maximum Gasteiger partial charge on any atom is 0.266 e. The number of hydrogen-bond donors (Lipinski definition) is 1. The third kappa shape index (κ3) is 2.58. The number of nitrogens with zero attached hydrogens (tertiary/aromatic N) is 3. The molecule has 26 heavy (non-hydrogen) atoms. The van der Waals surface area contributed by atoms with Gasteiger partial charge in [0.1, 0.15) is 0 Å². The third-order valence-electron chi connectivity index (χ3n) is 4.59. The predicted molar refractivity (Wildman–Crippen MR) is 103 cm³/mol. The molecular weight excluding hydrogens is 326 g/mol. The summed E-state index contributed by atoms with van der Waals surface area (Å²) < 4.78 is 3.30. The van der Waals surface area contributed by atoms with Gasteiger partial charge in [-0.3, -0.25) is 9.36 Å². The molecule has 0 aliphatic carbocycles. The maximum atomic E-state index is 12.9. The molecule has 2 aromatic heterocycles. The molecule has 4 aromatic rings. The number of hydrogen-bond acceptors (Lipinski definition) is 3. The SMILES string of the molecule is C=CCc1c(O)n(CCc2ccccc2)c2nc3ccccc3n2c1=O. The highest BCUT2D eigenvalue weighted by atomic mass is 16.3. The molecule has 0 aliphatic rings. The van der Waals surface area contributed by atoms with E-state index in [2.05, 4.69) is 11.6 Å². The number of aryl methyl sites for hydroxylation is 2. The lowest BCUT2D eigenvalue weighted by Crippen LogP contribution is -2.23. The average molecular weight is 345 g/mol. The van der Waals surface area contributed by atoms with Crippen molar-refractivity contribution in [1.82, 2.24) is 14.0 Å². The van der Waals surface area contributed by atoms with Crippen LogP contribution in [0.3, 0.4) is 0 Å². The Morgan fingerprint density at radius 1 is 1.08 bits per heavy atom. The zero-order chi connectivity index (χ0) is 18.1. The van der Waals surface area contributed by atoms with Gasteiger partial charge in [-0.1, -0.05) is 48.5 Å². The van der Waals surface area contributed by atoms with Crippen molar-refractivity contribution in [3.8, 4) is 5.88 Å². The number of allylic oxidation sites excluding steroid dienone is 1. The summed E-state index contributed by atoms with van der Waals surface area (Å²) in [5, 5.41) is 10.8. The van der Waals surface area contributed by atoms with Gasteiger partial charge in [-0.25, -0.2) is 9.38 Å². The van der Waals surface area contributed by atoms with Crippen LogP contribution < -0.4 is 5.56 Å². The van der Waals surface area contributed by atoms with E-state index >= 15 is 0 Å². The monoisotopic (exact) mass is 345 g/mol. The molecule has 0 spiro atoms. The number of aromatic nitrogens is 3. The Morgan fingerprint density at radius 3 is 2.58 bits per heavy atom. The number of imidazole rings is 1. The van der Waals surface area contributed by atoms with Crippen molar-refractivity contribution >= 4 is 16.8 Å². The van der Waals surface area contributed by atoms with Gasteiger partial charge in [0.05, 0.1) is 16.6 Å². The molecule has 0 atom stereocenters.